The first-order chi connectivity index (χ1) is 12.6. The molecule has 1 saturated heterocycles. The van der Waals surface area contributed by atoms with Gasteiger partial charge in [-0.05, 0) is 55.0 Å². The highest BCUT2D eigenvalue weighted by Gasteiger charge is 2.37. The summed E-state index contributed by atoms with van der Waals surface area (Å²) >= 11 is 6.01. The highest BCUT2D eigenvalue weighted by atomic mass is 35.5. The maximum Gasteiger partial charge on any atom is 0.210 e. The maximum atomic E-state index is 11.4. The first kappa shape index (κ1) is 17.4. The standard InChI is InChI=1S/C22H24ClNO2/c1-22(13-16-5-8-18(23)9-6-16)14-26-21-12-17(7-10-19(21)22)20-4-2-3-11-24(20)15-25/h5-10,12,15,20H,2-4,11,13-14H2,1H3. The Bertz CT molecular complexity index is 804. The smallest absolute Gasteiger partial charge is 0.210 e. The number of piperidine rings is 1. The van der Waals surface area contributed by atoms with Crippen LogP contribution in [0, 0.1) is 0 Å². The van der Waals surface area contributed by atoms with Crippen LogP contribution in [0.2, 0.25) is 5.02 Å². The summed E-state index contributed by atoms with van der Waals surface area (Å²) in [4.78, 5) is 13.3. The first-order valence-electron chi connectivity index (χ1n) is 9.32. The third-order valence-corrected chi connectivity index (χ3v) is 6.03. The molecule has 1 amide bonds. The minimum Gasteiger partial charge on any atom is -0.492 e. The summed E-state index contributed by atoms with van der Waals surface area (Å²) in [6.45, 7) is 3.78. The Hall–Kier alpha value is -2.00. The average Bonchev–Trinajstić information content (AvgIpc) is 3.00. The van der Waals surface area contributed by atoms with Gasteiger partial charge < -0.3 is 9.64 Å². The number of likely N-dealkylation sites (tertiary alicyclic amines) is 1. The van der Waals surface area contributed by atoms with Crippen molar-refractivity contribution in [1.82, 2.24) is 4.90 Å². The minimum absolute atomic E-state index is 0.0431. The molecule has 136 valence electrons. The van der Waals surface area contributed by atoms with E-state index < -0.39 is 0 Å². The second kappa shape index (κ2) is 6.96. The number of hydrogen-bond donors (Lipinski definition) is 0. The molecule has 1 fully saturated rings. The van der Waals surface area contributed by atoms with Crippen molar-refractivity contribution >= 4 is 18.0 Å². The largest absolute Gasteiger partial charge is 0.492 e. The van der Waals surface area contributed by atoms with E-state index in [1.807, 2.05) is 17.0 Å². The van der Waals surface area contributed by atoms with E-state index in [2.05, 4.69) is 37.3 Å². The van der Waals surface area contributed by atoms with E-state index in [0.717, 1.165) is 43.0 Å². The minimum atomic E-state index is -0.0431. The van der Waals surface area contributed by atoms with Crippen LogP contribution in [0.25, 0.3) is 0 Å². The number of nitrogens with zero attached hydrogens (tertiary/aromatic N) is 1. The Morgan fingerprint density at radius 2 is 2.04 bits per heavy atom. The van der Waals surface area contributed by atoms with Gasteiger partial charge in [0, 0.05) is 22.5 Å². The predicted molar refractivity (Wildman–Crippen MR) is 104 cm³/mol. The van der Waals surface area contributed by atoms with Gasteiger partial charge in [0.25, 0.3) is 0 Å². The van der Waals surface area contributed by atoms with Crippen molar-refractivity contribution in [3.05, 3.63) is 64.2 Å². The van der Waals surface area contributed by atoms with Gasteiger partial charge in [-0.1, -0.05) is 42.8 Å². The molecule has 4 heteroatoms. The molecule has 0 saturated carbocycles. The van der Waals surface area contributed by atoms with Gasteiger partial charge in [0.1, 0.15) is 5.75 Å². The zero-order valence-electron chi connectivity index (χ0n) is 15.1. The van der Waals surface area contributed by atoms with Gasteiger partial charge in [-0.15, -0.1) is 0 Å². The SMILES string of the molecule is CC1(Cc2ccc(Cl)cc2)COc2cc(C3CCCCN3C=O)ccc21. The Balaban J connectivity index is 1.59. The van der Waals surface area contributed by atoms with Crippen molar-refractivity contribution in [2.24, 2.45) is 0 Å². The van der Waals surface area contributed by atoms with Crippen molar-refractivity contribution in [1.29, 1.82) is 0 Å². The van der Waals surface area contributed by atoms with Gasteiger partial charge in [0.05, 0.1) is 12.6 Å². The molecule has 0 bridgehead atoms. The topological polar surface area (TPSA) is 29.5 Å². The predicted octanol–water partition coefficient (Wildman–Crippen LogP) is 4.92. The van der Waals surface area contributed by atoms with Crippen LogP contribution in [0.1, 0.15) is 48.9 Å². The van der Waals surface area contributed by atoms with Gasteiger partial charge in [-0.3, -0.25) is 4.79 Å². The lowest BCUT2D eigenvalue weighted by atomic mass is 9.78. The van der Waals surface area contributed by atoms with Gasteiger partial charge >= 0.3 is 0 Å². The first-order valence-corrected chi connectivity index (χ1v) is 9.70. The van der Waals surface area contributed by atoms with Crippen molar-refractivity contribution in [2.75, 3.05) is 13.2 Å². The summed E-state index contributed by atoms with van der Waals surface area (Å²) in [7, 11) is 0. The van der Waals surface area contributed by atoms with Gasteiger partial charge in [0.2, 0.25) is 6.41 Å². The highest BCUT2D eigenvalue weighted by Crippen LogP contribution is 2.43. The lowest BCUT2D eigenvalue weighted by molar-refractivity contribution is -0.121. The van der Waals surface area contributed by atoms with E-state index in [1.54, 1.807) is 0 Å². The number of hydrogen-bond acceptors (Lipinski definition) is 2. The zero-order chi connectivity index (χ0) is 18.1. The van der Waals surface area contributed by atoms with Gasteiger partial charge in [-0.2, -0.15) is 0 Å². The van der Waals surface area contributed by atoms with Gasteiger partial charge in [-0.25, -0.2) is 0 Å². The molecule has 2 unspecified atom stereocenters. The third-order valence-electron chi connectivity index (χ3n) is 5.77. The molecule has 0 aliphatic carbocycles. The Morgan fingerprint density at radius 1 is 1.23 bits per heavy atom. The summed E-state index contributed by atoms with van der Waals surface area (Å²) in [6.07, 6.45) is 5.19. The monoisotopic (exact) mass is 369 g/mol. The zero-order valence-corrected chi connectivity index (χ0v) is 15.8. The van der Waals surface area contributed by atoms with E-state index >= 15 is 0 Å². The highest BCUT2D eigenvalue weighted by molar-refractivity contribution is 6.30. The molecule has 2 aromatic carbocycles. The van der Waals surface area contributed by atoms with Crippen LogP contribution in [0.5, 0.6) is 5.75 Å². The van der Waals surface area contributed by atoms with Crippen LogP contribution in [0.4, 0.5) is 0 Å². The number of rotatable bonds is 4. The molecule has 0 spiro atoms. The summed E-state index contributed by atoms with van der Waals surface area (Å²) in [5.41, 5.74) is 3.66. The number of amides is 1. The van der Waals surface area contributed by atoms with Gasteiger partial charge in [0.15, 0.2) is 0 Å². The number of carbonyl (C=O) groups excluding carboxylic acids is 1. The van der Waals surface area contributed by atoms with Crippen LogP contribution in [0.3, 0.4) is 0 Å². The van der Waals surface area contributed by atoms with E-state index in [-0.39, 0.29) is 11.5 Å². The molecule has 2 heterocycles. The van der Waals surface area contributed by atoms with Crippen LogP contribution < -0.4 is 4.74 Å². The molecule has 0 N–H and O–H groups in total. The van der Waals surface area contributed by atoms with Crippen molar-refractivity contribution in [3.63, 3.8) is 0 Å². The van der Waals surface area contributed by atoms with E-state index in [9.17, 15) is 4.79 Å². The fourth-order valence-electron chi connectivity index (χ4n) is 4.32. The second-order valence-corrected chi connectivity index (χ2v) is 8.20. The molecule has 2 aromatic rings. The van der Waals surface area contributed by atoms with Crippen molar-refractivity contribution < 1.29 is 9.53 Å². The molecule has 3 nitrogen and oxygen atoms in total. The third kappa shape index (κ3) is 3.21. The Morgan fingerprint density at radius 3 is 2.81 bits per heavy atom. The summed E-state index contributed by atoms with van der Waals surface area (Å²) < 4.78 is 6.08. The maximum absolute atomic E-state index is 11.4. The molecular weight excluding hydrogens is 346 g/mol. The molecule has 2 aliphatic heterocycles. The average molecular weight is 370 g/mol. The molecule has 0 aromatic heterocycles. The molecular formula is C22H24ClNO2. The molecule has 2 aliphatic rings. The summed E-state index contributed by atoms with van der Waals surface area (Å²) in [6, 6.07) is 14.8. The molecule has 26 heavy (non-hydrogen) atoms. The quantitative estimate of drug-likeness (QED) is 0.716. The Kier molecular flexibility index (Phi) is 4.66. The second-order valence-electron chi connectivity index (χ2n) is 7.76. The Labute approximate surface area is 159 Å². The molecule has 4 rings (SSSR count). The number of fused-ring (bicyclic) bond motifs is 1. The number of halogens is 1. The lowest BCUT2D eigenvalue weighted by Gasteiger charge is -2.33. The van der Waals surface area contributed by atoms with E-state index in [1.165, 1.54) is 23.1 Å². The fraction of sp³-hybridized carbons (Fsp3) is 0.409. The number of benzene rings is 2. The number of ether oxygens (including phenoxy) is 1. The number of carbonyl (C=O) groups is 1. The summed E-state index contributed by atoms with van der Waals surface area (Å²) in [5, 5.41) is 0.763. The molecule has 2 atom stereocenters. The van der Waals surface area contributed by atoms with Crippen LogP contribution in [-0.4, -0.2) is 24.5 Å². The van der Waals surface area contributed by atoms with Crippen LogP contribution in [0.15, 0.2) is 42.5 Å². The van der Waals surface area contributed by atoms with Crippen LogP contribution in [-0.2, 0) is 16.6 Å². The van der Waals surface area contributed by atoms with Crippen LogP contribution >= 0.6 is 11.6 Å². The van der Waals surface area contributed by atoms with Crippen molar-refractivity contribution in [2.45, 2.75) is 44.1 Å². The fourth-order valence-corrected chi connectivity index (χ4v) is 4.44. The molecule has 0 radical (unpaired) electrons. The lowest BCUT2D eigenvalue weighted by Crippen LogP contribution is -2.32. The van der Waals surface area contributed by atoms with Crippen molar-refractivity contribution in [3.8, 4) is 5.75 Å². The van der Waals surface area contributed by atoms with E-state index in [0.29, 0.717) is 6.61 Å². The normalized spacial score (nSPS) is 24.8. The summed E-state index contributed by atoms with van der Waals surface area (Å²) in [5.74, 6) is 0.968. The van der Waals surface area contributed by atoms with E-state index in [4.69, 9.17) is 16.3 Å².